The van der Waals surface area contributed by atoms with Crippen molar-refractivity contribution in [2.75, 3.05) is 31.6 Å². The standard InChI is InChI=1S/C39H52N4O4/c1-27(2)37(46-4)20-9-28(3)30-12-10-29(11-13-30)25-42(35-8-5-7-32(23-35)33-24-40-43(26-33)34-16-17-34)38(44)31-14-18-36(19-15-31)47-39(45)41-21-6-22-41/h5,7-9,20,23-24,26,29-31,34,36H,3,6,10-19,21-22,25H2,1-2,4H3/b20-9-/t29-,30-,31-,36-. The van der Waals surface area contributed by atoms with E-state index in [2.05, 4.69) is 71.6 Å². The molecule has 4 aliphatic rings. The topological polar surface area (TPSA) is 76.9 Å². The number of hydrogen-bond donors (Lipinski definition) is 0. The Morgan fingerprint density at radius 3 is 2.32 bits per heavy atom. The highest BCUT2D eigenvalue weighted by atomic mass is 16.6. The summed E-state index contributed by atoms with van der Waals surface area (Å²) < 4.78 is 13.4. The number of ether oxygens (including phenoxy) is 2. The van der Waals surface area contributed by atoms with Crippen LogP contribution in [0.25, 0.3) is 11.1 Å². The van der Waals surface area contributed by atoms with Gasteiger partial charge in [-0.15, -0.1) is 0 Å². The third-order valence-corrected chi connectivity index (χ3v) is 10.7. The van der Waals surface area contributed by atoms with Crippen molar-refractivity contribution in [1.82, 2.24) is 14.7 Å². The maximum atomic E-state index is 14.4. The first-order valence-electron chi connectivity index (χ1n) is 17.8. The highest BCUT2D eigenvalue weighted by molar-refractivity contribution is 5.95. The number of hydrogen-bond acceptors (Lipinski definition) is 5. The van der Waals surface area contributed by atoms with Gasteiger partial charge in [0, 0.05) is 43.0 Å². The molecule has 1 aromatic heterocycles. The predicted molar refractivity (Wildman–Crippen MR) is 186 cm³/mol. The molecule has 0 radical (unpaired) electrons. The van der Waals surface area contributed by atoms with Gasteiger partial charge in [-0.2, -0.15) is 5.10 Å². The number of likely N-dealkylation sites (tertiary alicyclic amines) is 1. The van der Waals surface area contributed by atoms with Crippen LogP contribution in [-0.2, 0) is 14.3 Å². The third-order valence-electron chi connectivity index (χ3n) is 10.7. The predicted octanol–water partition coefficient (Wildman–Crippen LogP) is 8.48. The van der Waals surface area contributed by atoms with Crippen LogP contribution < -0.4 is 4.90 Å². The lowest BCUT2D eigenvalue weighted by Crippen LogP contribution is -2.45. The molecule has 2 heterocycles. The molecule has 0 atom stereocenters. The average molecular weight is 641 g/mol. The fourth-order valence-corrected chi connectivity index (χ4v) is 7.30. The van der Waals surface area contributed by atoms with Crippen molar-refractivity contribution in [3.05, 3.63) is 72.3 Å². The van der Waals surface area contributed by atoms with Gasteiger partial charge in [-0.1, -0.05) is 30.4 Å². The number of methoxy groups -OCH3 is 1. The van der Waals surface area contributed by atoms with Gasteiger partial charge in [0.05, 0.1) is 19.3 Å². The number of carbonyl (C=O) groups excluding carboxylic acids is 2. The van der Waals surface area contributed by atoms with Crippen molar-refractivity contribution in [1.29, 1.82) is 0 Å². The van der Waals surface area contributed by atoms with Crippen LogP contribution in [-0.4, -0.2) is 59.5 Å². The zero-order valence-corrected chi connectivity index (χ0v) is 28.5. The molecule has 3 aliphatic carbocycles. The van der Waals surface area contributed by atoms with E-state index in [0.29, 0.717) is 24.4 Å². The van der Waals surface area contributed by atoms with Crippen LogP contribution in [0.5, 0.6) is 0 Å². The number of carbonyl (C=O) groups is 2. The van der Waals surface area contributed by atoms with Gasteiger partial charge in [0.1, 0.15) is 11.9 Å². The molecule has 0 bridgehead atoms. The van der Waals surface area contributed by atoms with Crippen LogP contribution in [0.3, 0.4) is 0 Å². The van der Waals surface area contributed by atoms with Crippen molar-refractivity contribution in [3.63, 3.8) is 0 Å². The van der Waals surface area contributed by atoms with Crippen molar-refractivity contribution in [2.45, 2.75) is 96.6 Å². The van der Waals surface area contributed by atoms with Crippen LogP contribution in [0.2, 0.25) is 0 Å². The molecule has 8 nitrogen and oxygen atoms in total. The summed E-state index contributed by atoms with van der Waals surface area (Å²) in [6.07, 6.45) is 18.6. The number of benzene rings is 1. The van der Waals surface area contributed by atoms with Gasteiger partial charge in [-0.05, 0) is 126 Å². The van der Waals surface area contributed by atoms with Crippen molar-refractivity contribution >= 4 is 17.7 Å². The summed E-state index contributed by atoms with van der Waals surface area (Å²) in [5, 5.41) is 4.61. The first kappa shape index (κ1) is 33.1. The van der Waals surface area contributed by atoms with E-state index in [-0.39, 0.29) is 24.0 Å². The van der Waals surface area contributed by atoms with Crippen molar-refractivity contribution in [2.24, 2.45) is 17.8 Å². The Morgan fingerprint density at radius 1 is 0.957 bits per heavy atom. The second kappa shape index (κ2) is 15.0. The molecule has 47 heavy (non-hydrogen) atoms. The highest BCUT2D eigenvalue weighted by Gasteiger charge is 2.35. The van der Waals surface area contributed by atoms with E-state index in [0.717, 1.165) is 105 Å². The smallest absolute Gasteiger partial charge is 0.410 e. The van der Waals surface area contributed by atoms with Crippen molar-refractivity contribution < 1.29 is 19.1 Å². The number of anilines is 1. The maximum Gasteiger partial charge on any atom is 0.410 e. The first-order chi connectivity index (χ1) is 22.8. The van der Waals surface area contributed by atoms with Crippen molar-refractivity contribution in [3.8, 4) is 11.1 Å². The molecule has 0 unspecified atom stereocenters. The molecule has 0 N–H and O–H groups in total. The Bertz CT molecular complexity index is 1480. The van der Waals surface area contributed by atoms with E-state index in [4.69, 9.17) is 9.47 Å². The van der Waals surface area contributed by atoms with Gasteiger partial charge >= 0.3 is 6.09 Å². The van der Waals surface area contributed by atoms with E-state index in [1.54, 1.807) is 12.0 Å². The first-order valence-corrected chi connectivity index (χ1v) is 17.8. The van der Waals surface area contributed by atoms with Crippen LogP contribution >= 0.6 is 0 Å². The highest BCUT2D eigenvalue weighted by Crippen LogP contribution is 2.38. The van der Waals surface area contributed by atoms with Gasteiger partial charge in [0.25, 0.3) is 0 Å². The summed E-state index contributed by atoms with van der Waals surface area (Å²) in [6.45, 7) is 10.8. The maximum absolute atomic E-state index is 14.4. The summed E-state index contributed by atoms with van der Waals surface area (Å²) in [6, 6.07) is 8.97. The Balaban J connectivity index is 1.13. The average Bonchev–Trinajstić information content (AvgIpc) is 3.79. The largest absolute Gasteiger partial charge is 0.497 e. The van der Waals surface area contributed by atoms with Crippen LogP contribution in [0, 0.1) is 17.8 Å². The van der Waals surface area contributed by atoms with E-state index in [1.807, 2.05) is 12.3 Å². The summed E-state index contributed by atoms with van der Waals surface area (Å²) in [7, 11) is 1.71. The molecule has 6 rings (SSSR count). The van der Waals surface area contributed by atoms with E-state index < -0.39 is 0 Å². The minimum absolute atomic E-state index is 0.0680. The Kier molecular flexibility index (Phi) is 10.5. The molecule has 1 aromatic carbocycles. The quantitative estimate of drug-likeness (QED) is 0.182. The number of allylic oxidation sites excluding steroid dienone is 4. The number of aromatic nitrogens is 2. The zero-order valence-electron chi connectivity index (χ0n) is 28.5. The van der Waals surface area contributed by atoms with Crippen LogP contribution in [0.1, 0.15) is 90.5 Å². The summed E-state index contributed by atoms with van der Waals surface area (Å²) in [5.41, 5.74) is 5.44. The number of amides is 2. The summed E-state index contributed by atoms with van der Waals surface area (Å²) in [4.78, 5) is 30.6. The molecule has 2 aromatic rings. The molecule has 3 saturated carbocycles. The van der Waals surface area contributed by atoms with Gasteiger partial charge in [-0.3, -0.25) is 9.48 Å². The monoisotopic (exact) mass is 640 g/mol. The normalized spacial score (nSPS) is 24.4. The van der Waals surface area contributed by atoms with Crippen LogP contribution in [0.4, 0.5) is 10.5 Å². The van der Waals surface area contributed by atoms with Gasteiger partial charge in [0.2, 0.25) is 5.91 Å². The van der Waals surface area contributed by atoms with Crippen LogP contribution in [0.15, 0.2) is 72.3 Å². The molecular formula is C39H52N4O4. The second-order valence-corrected chi connectivity index (χ2v) is 14.3. The number of nitrogens with zero attached hydrogens (tertiary/aromatic N) is 4. The number of rotatable bonds is 11. The second-order valence-electron chi connectivity index (χ2n) is 14.3. The Morgan fingerprint density at radius 2 is 1.68 bits per heavy atom. The molecule has 4 fully saturated rings. The van der Waals surface area contributed by atoms with Gasteiger partial charge in [-0.25, -0.2) is 4.79 Å². The fourth-order valence-electron chi connectivity index (χ4n) is 7.30. The van der Waals surface area contributed by atoms with Gasteiger partial charge < -0.3 is 19.3 Å². The lowest BCUT2D eigenvalue weighted by atomic mass is 9.78. The zero-order chi connectivity index (χ0) is 32.9. The molecule has 2 amide bonds. The Hall–Kier alpha value is -3.81. The van der Waals surface area contributed by atoms with E-state index >= 15 is 0 Å². The molecule has 1 saturated heterocycles. The Labute approximate surface area is 280 Å². The fraction of sp³-hybridized carbons (Fsp3) is 0.564. The lowest BCUT2D eigenvalue weighted by Gasteiger charge is -2.37. The van der Waals surface area contributed by atoms with E-state index in [9.17, 15) is 9.59 Å². The molecule has 1 aliphatic heterocycles. The molecule has 0 spiro atoms. The minimum Gasteiger partial charge on any atom is -0.497 e. The van der Waals surface area contributed by atoms with Gasteiger partial charge in [0.15, 0.2) is 0 Å². The third kappa shape index (κ3) is 8.20. The van der Waals surface area contributed by atoms with E-state index in [1.165, 1.54) is 12.8 Å². The minimum atomic E-state index is -0.195. The lowest BCUT2D eigenvalue weighted by molar-refractivity contribution is -0.124. The SMILES string of the molecule is C=C(/C=C\C(OC)=C(C)C)[C@H]1CC[C@H](CN(c2cccc(-c3cnn(C4CC4)c3)c2)C(=O)[C@H]2CC[C@H](OC(=O)N3CCC3)CC2)CC1. The molecular weight excluding hydrogens is 588 g/mol. The molecule has 8 heteroatoms. The summed E-state index contributed by atoms with van der Waals surface area (Å²) in [5.74, 6) is 1.89. The molecule has 252 valence electrons. The summed E-state index contributed by atoms with van der Waals surface area (Å²) >= 11 is 0.